The maximum Gasteiger partial charge on any atom is 0.504 e. The lowest BCUT2D eigenvalue weighted by molar-refractivity contribution is 0.431. The molecule has 5 heteroatoms. The largest absolute Gasteiger partial charge is 0.537 e. The molecule has 0 radical (unpaired) electrons. The number of nitrogens with zero attached hydrogens (tertiary/aromatic N) is 1. The second-order valence-corrected chi connectivity index (χ2v) is 5.23. The number of halogens is 1. The van der Waals surface area contributed by atoms with Gasteiger partial charge in [0.15, 0.2) is 5.82 Å². The van der Waals surface area contributed by atoms with Gasteiger partial charge >= 0.3 is 7.69 Å². The Morgan fingerprint density at radius 2 is 1.43 bits per heavy atom. The molecule has 0 bridgehead atoms. The summed E-state index contributed by atoms with van der Waals surface area (Å²) in [6, 6.07) is 20.7. The van der Waals surface area contributed by atoms with E-state index in [0.29, 0.717) is 5.69 Å². The summed E-state index contributed by atoms with van der Waals surface area (Å²) in [6.07, 6.45) is 0. The minimum Gasteiger partial charge on any atom is -0.537 e. The van der Waals surface area contributed by atoms with Gasteiger partial charge in [0.1, 0.15) is 5.75 Å². The van der Waals surface area contributed by atoms with E-state index in [2.05, 4.69) is 0 Å². The highest BCUT2D eigenvalue weighted by molar-refractivity contribution is 6.17. The van der Waals surface area contributed by atoms with Gasteiger partial charge in [-0.2, -0.15) is 0 Å². The van der Waals surface area contributed by atoms with Crippen molar-refractivity contribution in [2.45, 2.75) is 0 Å². The van der Waals surface area contributed by atoms with Crippen molar-refractivity contribution in [1.29, 1.82) is 0 Å². The van der Waals surface area contributed by atoms with Crippen LogP contribution in [0.4, 0.5) is 4.39 Å². The fraction of sp³-hybridized carbons (Fsp3) is 0. The highest BCUT2D eigenvalue weighted by atomic mass is 19.1. The average molecular weight is 305 g/mol. The van der Waals surface area contributed by atoms with Gasteiger partial charge in [0.25, 0.3) is 0 Å². The van der Waals surface area contributed by atoms with E-state index in [1.165, 1.54) is 6.07 Å². The third kappa shape index (κ3) is 2.09. The van der Waals surface area contributed by atoms with Crippen LogP contribution in [-0.2, 0) is 0 Å². The Balaban J connectivity index is 2.11. The lowest BCUT2D eigenvalue weighted by Crippen LogP contribution is -2.05. The van der Waals surface area contributed by atoms with Crippen LogP contribution in [0.25, 0.3) is 27.5 Å². The molecule has 1 N–H and O–H groups in total. The smallest absolute Gasteiger partial charge is 0.504 e. The molecule has 0 unspecified atom stereocenters. The maximum atomic E-state index is 14.8. The van der Waals surface area contributed by atoms with Gasteiger partial charge in [0.05, 0.1) is 16.7 Å². The van der Waals surface area contributed by atoms with E-state index < -0.39 is 13.5 Å². The molecule has 4 rings (SSSR count). The molecule has 0 amide bonds. The first-order valence-corrected chi connectivity index (χ1v) is 7.32. The molecule has 0 spiro atoms. The molecule has 1 aromatic heterocycles. The predicted octanol–water partition coefficient (Wildman–Crippen LogP) is 3.56. The van der Waals surface area contributed by atoms with Crippen LogP contribution in [0.15, 0.2) is 66.7 Å². The number of benzene rings is 3. The Bertz CT molecular complexity index is 959. The topological polar surface area (TPSA) is 34.4 Å². The Hall–Kier alpha value is -2.79. The molecule has 0 aliphatic carbocycles. The second kappa shape index (κ2) is 5.45. The van der Waals surface area contributed by atoms with Crippen molar-refractivity contribution >= 4 is 29.5 Å². The summed E-state index contributed by atoms with van der Waals surface area (Å²) in [7, 11) is -0.562. The minimum absolute atomic E-state index is 0.0341. The van der Waals surface area contributed by atoms with E-state index in [9.17, 15) is 4.39 Å². The van der Waals surface area contributed by atoms with Gasteiger partial charge in [-0.15, -0.1) is 0 Å². The molecule has 0 fully saturated rings. The van der Waals surface area contributed by atoms with Gasteiger partial charge in [0.2, 0.25) is 0 Å². The van der Waals surface area contributed by atoms with Crippen LogP contribution < -0.4 is 4.65 Å². The van der Waals surface area contributed by atoms with E-state index >= 15 is 0 Å². The standard InChI is InChI=1S/C18H13BFNO2/c20-18-16(10-5-11-17(18)23-19-22)21-14-8-3-1-6-12(14)13-7-2-4-9-15(13)21/h1-11,19,22H. The van der Waals surface area contributed by atoms with Crippen LogP contribution in [0.1, 0.15) is 0 Å². The molecule has 23 heavy (non-hydrogen) atoms. The zero-order valence-electron chi connectivity index (χ0n) is 12.2. The number of para-hydroxylation sites is 2. The van der Waals surface area contributed by atoms with Crippen LogP contribution in [0, 0.1) is 5.82 Å². The van der Waals surface area contributed by atoms with Gasteiger partial charge in [0, 0.05) is 10.8 Å². The molecule has 112 valence electrons. The number of fused-ring (bicyclic) bond motifs is 3. The zero-order valence-corrected chi connectivity index (χ0v) is 12.2. The van der Waals surface area contributed by atoms with Crippen molar-refractivity contribution in [1.82, 2.24) is 4.57 Å². The monoisotopic (exact) mass is 305 g/mol. The molecule has 3 aromatic carbocycles. The van der Waals surface area contributed by atoms with Crippen molar-refractivity contribution in [3.05, 3.63) is 72.5 Å². The number of rotatable bonds is 3. The molecule has 0 aliphatic heterocycles. The van der Waals surface area contributed by atoms with Crippen molar-refractivity contribution < 1.29 is 14.1 Å². The van der Waals surface area contributed by atoms with E-state index in [1.54, 1.807) is 12.1 Å². The Kier molecular flexibility index (Phi) is 3.28. The predicted molar refractivity (Wildman–Crippen MR) is 90.7 cm³/mol. The highest BCUT2D eigenvalue weighted by Gasteiger charge is 2.16. The van der Waals surface area contributed by atoms with Gasteiger partial charge in [-0.1, -0.05) is 42.5 Å². The summed E-state index contributed by atoms with van der Waals surface area (Å²) >= 11 is 0. The van der Waals surface area contributed by atoms with Crippen molar-refractivity contribution in [3.8, 4) is 11.4 Å². The number of hydrogen-bond acceptors (Lipinski definition) is 2. The SMILES string of the molecule is OBOc1cccc(-n2c3ccccc3c3ccccc32)c1F. The first kappa shape index (κ1) is 13.8. The van der Waals surface area contributed by atoms with Gasteiger partial charge in [-0.25, -0.2) is 4.39 Å². The lowest BCUT2D eigenvalue weighted by Gasteiger charge is -2.12. The molecule has 0 atom stereocenters. The third-order valence-electron chi connectivity index (χ3n) is 3.98. The summed E-state index contributed by atoms with van der Waals surface area (Å²) < 4.78 is 21.7. The summed E-state index contributed by atoms with van der Waals surface area (Å²) in [5.41, 5.74) is 2.25. The summed E-state index contributed by atoms with van der Waals surface area (Å²) in [5.74, 6) is -0.458. The van der Waals surface area contributed by atoms with Gasteiger partial charge < -0.3 is 14.2 Å². The summed E-state index contributed by atoms with van der Waals surface area (Å²) in [4.78, 5) is 0. The third-order valence-corrected chi connectivity index (χ3v) is 3.98. The second-order valence-electron chi connectivity index (χ2n) is 5.23. The normalized spacial score (nSPS) is 11.0. The van der Waals surface area contributed by atoms with E-state index in [1.807, 2.05) is 53.1 Å². The van der Waals surface area contributed by atoms with Crippen LogP contribution in [-0.4, -0.2) is 17.3 Å². The van der Waals surface area contributed by atoms with Crippen LogP contribution >= 0.6 is 0 Å². The fourth-order valence-corrected chi connectivity index (χ4v) is 3.03. The van der Waals surface area contributed by atoms with Crippen LogP contribution in [0.5, 0.6) is 5.75 Å². The molecule has 3 nitrogen and oxygen atoms in total. The van der Waals surface area contributed by atoms with E-state index in [4.69, 9.17) is 9.68 Å². The first-order chi connectivity index (χ1) is 11.3. The number of aromatic nitrogens is 1. The van der Waals surface area contributed by atoms with E-state index in [-0.39, 0.29) is 5.75 Å². The Morgan fingerprint density at radius 3 is 2.04 bits per heavy atom. The molecule has 0 saturated carbocycles. The molecular formula is C18H13BFNO2. The first-order valence-electron chi connectivity index (χ1n) is 7.32. The van der Waals surface area contributed by atoms with Crippen LogP contribution in [0.2, 0.25) is 0 Å². The Morgan fingerprint density at radius 1 is 0.826 bits per heavy atom. The van der Waals surface area contributed by atoms with Crippen LogP contribution in [0.3, 0.4) is 0 Å². The van der Waals surface area contributed by atoms with E-state index in [0.717, 1.165) is 21.8 Å². The molecule has 4 aromatic rings. The molecule has 0 saturated heterocycles. The van der Waals surface area contributed by atoms with Crippen molar-refractivity contribution in [2.75, 3.05) is 0 Å². The van der Waals surface area contributed by atoms with Crippen molar-refractivity contribution in [3.63, 3.8) is 0 Å². The lowest BCUT2D eigenvalue weighted by atomic mass is 10.2. The van der Waals surface area contributed by atoms with Crippen molar-refractivity contribution in [2.24, 2.45) is 0 Å². The molecule has 0 aliphatic rings. The van der Waals surface area contributed by atoms with Gasteiger partial charge in [-0.3, -0.25) is 0 Å². The van der Waals surface area contributed by atoms with Gasteiger partial charge in [-0.05, 0) is 24.3 Å². The zero-order chi connectivity index (χ0) is 15.8. The minimum atomic E-state index is -0.562. The summed E-state index contributed by atoms with van der Waals surface area (Å²) in [6.45, 7) is 0. The maximum absolute atomic E-state index is 14.8. The summed E-state index contributed by atoms with van der Waals surface area (Å²) in [5, 5.41) is 11.0. The molecular weight excluding hydrogens is 292 g/mol. The average Bonchev–Trinajstić information content (AvgIpc) is 2.92. The highest BCUT2D eigenvalue weighted by Crippen LogP contribution is 2.34. The molecule has 1 heterocycles. The number of hydrogen-bond donors (Lipinski definition) is 1. The quantitative estimate of drug-likeness (QED) is 0.587. The fourth-order valence-electron chi connectivity index (χ4n) is 3.03. The Labute approximate surface area is 132 Å².